The average molecular weight is 315 g/mol. The molecule has 0 atom stereocenters. The summed E-state index contributed by atoms with van der Waals surface area (Å²) in [4.78, 5) is 5.17. The second-order valence-corrected chi connectivity index (χ2v) is 5.81. The molecular formula is C12H8F3N3S2. The predicted molar refractivity (Wildman–Crippen MR) is 73.1 cm³/mol. The third-order valence-electron chi connectivity index (χ3n) is 2.74. The normalized spacial score (nSPS) is 12.2. The molecule has 3 rings (SSSR count). The Labute approximate surface area is 120 Å². The maximum absolute atomic E-state index is 13.2. The van der Waals surface area contributed by atoms with Crippen LogP contribution in [0.5, 0.6) is 0 Å². The molecule has 0 aliphatic rings. The number of rotatable bonds is 2. The molecule has 0 radical (unpaired) electrons. The van der Waals surface area contributed by atoms with Crippen LogP contribution >= 0.6 is 23.1 Å². The van der Waals surface area contributed by atoms with Crippen molar-refractivity contribution in [3.05, 3.63) is 36.2 Å². The molecule has 8 heteroatoms. The number of hydrogen-bond donors (Lipinski definition) is 0. The molecule has 0 saturated carbocycles. The highest BCUT2D eigenvalue weighted by Crippen LogP contribution is 2.40. The van der Waals surface area contributed by atoms with Crippen LogP contribution in [-0.4, -0.2) is 20.9 Å². The highest BCUT2D eigenvalue weighted by atomic mass is 32.2. The van der Waals surface area contributed by atoms with E-state index in [-0.39, 0.29) is 5.56 Å². The molecule has 2 aromatic heterocycles. The fourth-order valence-corrected chi connectivity index (χ4v) is 3.16. The number of fused-ring (bicyclic) bond motifs is 1. The van der Waals surface area contributed by atoms with Gasteiger partial charge in [0.15, 0.2) is 0 Å². The molecule has 104 valence electrons. The second-order valence-electron chi connectivity index (χ2n) is 3.97. The van der Waals surface area contributed by atoms with Crippen molar-refractivity contribution in [2.24, 2.45) is 0 Å². The van der Waals surface area contributed by atoms with E-state index in [0.29, 0.717) is 14.9 Å². The maximum atomic E-state index is 13.2. The highest BCUT2D eigenvalue weighted by Gasteiger charge is 2.34. The van der Waals surface area contributed by atoms with Gasteiger partial charge in [0.1, 0.15) is 5.01 Å². The molecule has 0 bridgehead atoms. The highest BCUT2D eigenvalue weighted by molar-refractivity contribution is 7.98. The number of nitrogens with zero attached hydrogens (tertiary/aromatic N) is 3. The third-order valence-corrected chi connectivity index (χ3v) is 4.43. The van der Waals surface area contributed by atoms with E-state index in [2.05, 4.69) is 10.1 Å². The number of halogens is 3. The number of thioether (sulfide) groups is 1. The largest absolute Gasteiger partial charge is 0.417 e. The van der Waals surface area contributed by atoms with Crippen molar-refractivity contribution in [2.75, 3.05) is 6.26 Å². The Morgan fingerprint density at radius 1 is 1.30 bits per heavy atom. The molecule has 3 aromatic rings. The second kappa shape index (κ2) is 4.78. The Hall–Kier alpha value is -1.54. The lowest BCUT2D eigenvalue weighted by Gasteiger charge is -2.12. The molecule has 0 N–H and O–H groups in total. The van der Waals surface area contributed by atoms with E-state index >= 15 is 0 Å². The van der Waals surface area contributed by atoms with Crippen molar-refractivity contribution in [3.8, 4) is 10.6 Å². The summed E-state index contributed by atoms with van der Waals surface area (Å²) < 4.78 is 41.0. The SMILES string of the molecule is CSc1ccc(-c2nn3ccnc3s2)c(C(F)(F)F)c1. The fraction of sp³-hybridized carbons (Fsp3) is 0.167. The van der Waals surface area contributed by atoms with Crippen LogP contribution in [0.25, 0.3) is 15.5 Å². The number of aromatic nitrogens is 3. The molecule has 0 amide bonds. The van der Waals surface area contributed by atoms with Gasteiger partial charge in [-0.1, -0.05) is 17.4 Å². The van der Waals surface area contributed by atoms with Gasteiger partial charge in [0.2, 0.25) is 4.96 Å². The van der Waals surface area contributed by atoms with E-state index < -0.39 is 11.7 Å². The molecule has 0 aliphatic carbocycles. The minimum Gasteiger partial charge on any atom is -0.226 e. The van der Waals surface area contributed by atoms with Crippen LogP contribution in [0, 0.1) is 0 Å². The van der Waals surface area contributed by atoms with Crippen LogP contribution in [0.3, 0.4) is 0 Å². The molecule has 0 unspecified atom stereocenters. The summed E-state index contributed by atoms with van der Waals surface area (Å²) in [5.74, 6) is 0. The first kappa shape index (κ1) is 13.4. The van der Waals surface area contributed by atoms with Crippen molar-refractivity contribution in [1.29, 1.82) is 0 Å². The van der Waals surface area contributed by atoms with Crippen LogP contribution in [0.4, 0.5) is 13.2 Å². The quantitative estimate of drug-likeness (QED) is 0.664. The Balaban J connectivity index is 2.19. The van der Waals surface area contributed by atoms with Gasteiger partial charge in [-0.2, -0.15) is 18.3 Å². The summed E-state index contributed by atoms with van der Waals surface area (Å²) in [5.41, 5.74) is -0.577. The third kappa shape index (κ3) is 2.29. The number of hydrogen-bond acceptors (Lipinski definition) is 4. The van der Waals surface area contributed by atoms with Crippen LogP contribution in [0.1, 0.15) is 5.56 Å². The van der Waals surface area contributed by atoms with E-state index in [1.807, 2.05) is 0 Å². The lowest BCUT2D eigenvalue weighted by Crippen LogP contribution is -2.07. The zero-order valence-electron chi connectivity index (χ0n) is 10.2. The monoisotopic (exact) mass is 315 g/mol. The summed E-state index contributed by atoms with van der Waals surface area (Å²) in [7, 11) is 0. The first-order chi connectivity index (χ1) is 9.49. The number of alkyl halides is 3. The minimum atomic E-state index is -4.41. The van der Waals surface area contributed by atoms with Crippen molar-refractivity contribution < 1.29 is 13.2 Å². The summed E-state index contributed by atoms with van der Waals surface area (Å²) in [5, 5.41) is 4.45. The van der Waals surface area contributed by atoms with Crippen LogP contribution in [-0.2, 0) is 6.18 Å². The van der Waals surface area contributed by atoms with Crippen molar-refractivity contribution in [2.45, 2.75) is 11.1 Å². The Morgan fingerprint density at radius 3 is 2.75 bits per heavy atom. The Bertz CT molecular complexity index is 732. The van der Waals surface area contributed by atoms with E-state index in [9.17, 15) is 13.2 Å². The van der Waals surface area contributed by atoms with Crippen LogP contribution < -0.4 is 0 Å². The standard InChI is InChI=1S/C12H8F3N3S2/c1-19-7-2-3-8(9(6-7)12(13,14)15)10-17-18-5-4-16-11(18)20-10/h2-6H,1H3. The molecule has 20 heavy (non-hydrogen) atoms. The van der Waals surface area contributed by atoms with Gasteiger partial charge in [-0.3, -0.25) is 0 Å². The molecule has 0 aliphatic heterocycles. The van der Waals surface area contributed by atoms with Gasteiger partial charge in [-0.15, -0.1) is 11.8 Å². The van der Waals surface area contributed by atoms with E-state index in [1.54, 1.807) is 24.7 Å². The van der Waals surface area contributed by atoms with Gasteiger partial charge in [-0.25, -0.2) is 9.50 Å². The van der Waals surface area contributed by atoms with Crippen LogP contribution in [0.15, 0.2) is 35.5 Å². The Morgan fingerprint density at radius 2 is 2.10 bits per heavy atom. The van der Waals surface area contributed by atoms with E-state index in [0.717, 1.165) is 17.4 Å². The molecular weight excluding hydrogens is 307 g/mol. The van der Waals surface area contributed by atoms with E-state index in [1.165, 1.54) is 22.3 Å². The first-order valence-corrected chi connectivity index (χ1v) is 7.59. The molecule has 0 spiro atoms. The molecule has 2 heterocycles. The lowest BCUT2D eigenvalue weighted by atomic mass is 10.1. The van der Waals surface area contributed by atoms with E-state index in [4.69, 9.17) is 0 Å². The molecule has 0 fully saturated rings. The number of imidazole rings is 1. The van der Waals surface area contributed by atoms with Gasteiger partial charge in [0.25, 0.3) is 0 Å². The summed E-state index contributed by atoms with van der Waals surface area (Å²) in [6.07, 6.45) is 0.504. The molecule has 0 saturated heterocycles. The van der Waals surface area contributed by atoms with Gasteiger partial charge in [-0.05, 0) is 18.4 Å². The smallest absolute Gasteiger partial charge is 0.226 e. The van der Waals surface area contributed by atoms with Gasteiger partial charge < -0.3 is 0 Å². The summed E-state index contributed by atoms with van der Waals surface area (Å²) in [6, 6.07) is 4.29. The van der Waals surface area contributed by atoms with Crippen molar-refractivity contribution >= 4 is 28.1 Å². The maximum Gasteiger partial charge on any atom is 0.417 e. The number of benzene rings is 1. The van der Waals surface area contributed by atoms with Gasteiger partial charge in [0, 0.05) is 16.7 Å². The zero-order chi connectivity index (χ0) is 14.3. The fourth-order valence-electron chi connectivity index (χ4n) is 1.82. The Kier molecular flexibility index (Phi) is 3.21. The zero-order valence-corrected chi connectivity index (χ0v) is 11.8. The van der Waals surface area contributed by atoms with Crippen LogP contribution in [0.2, 0.25) is 0 Å². The topological polar surface area (TPSA) is 30.2 Å². The summed E-state index contributed by atoms with van der Waals surface area (Å²) >= 11 is 2.41. The average Bonchev–Trinajstić information content (AvgIpc) is 2.97. The predicted octanol–water partition coefficient (Wildman–Crippen LogP) is 4.20. The lowest BCUT2D eigenvalue weighted by molar-refractivity contribution is -0.137. The van der Waals surface area contributed by atoms with Gasteiger partial charge >= 0.3 is 6.18 Å². The summed E-state index contributed by atoms with van der Waals surface area (Å²) in [6.45, 7) is 0. The van der Waals surface area contributed by atoms with Gasteiger partial charge in [0.05, 0.1) is 11.8 Å². The molecule has 1 aromatic carbocycles. The minimum absolute atomic E-state index is 0.0887. The van der Waals surface area contributed by atoms with Crippen molar-refractivity contribution in [1.82, 2.24) is 14.6 Å². The first-order valence-electron chi connectivity index (χ1n) is 5.55. The van der Waals surface area contributed by atoms with Crippen molar-refractivity contribution in [3.63, 3.8) is 0 Å². The molecule has 3 nitrogen and oxygen atoms in total.